The van der Waals surface area contributed by atoms with Gasteiger partial charge in [0.15, 0.2) is 0 Å². The number of alkyl halides is 2. The number of ether oxygens (including phenoxy) is 1. The van der Waals surface area contributed by atoms with Crippen LogP contribution in [0.25, 0.3) is 0 Å². The van der Waals surface area contributed by atoms with Crippen LogP contribution in [0, 0.1) is 11.8 Å². The van der Waals surface area contributed by atoms with Gasteiger partial charge in [-0.25, -0.2) is 0 Å². The Kier molecular flexibility index (Phi) is 4.23. The van der Waals surface area contributed by atoms with E-state index in [1.165, 1.54) is 22.3 Å². The van der Waals surface area contributed by atoms with Gasteiger partial charge in [0, 0.05) is 10.6 Å². The monoisotopic (exact) mass is 386 g/mol. The zero-order valence-electron chi connectivity index (χ0n) is 14.9. The molecule has 3 aliphatic rings. The Hall–Kier alpha value is -1.87. The van der Waals surface area contributed by atoms with E-state index in [9.17, 15) is 8.78 Å². The summed E-state index contributed by atoms with van der Waals surface area (Å²) in [7, 11) is 0. The van der Waals surface area contributed by atoms with Crippen molar-refractivity contribution in [3.63, 3.8) is 0 Å². The van der Waals surface area contributed by atoms with Crippen molar-refractivity contribution in [2.75, 3.05) is 0 Å². The Bertz CT molecular complexity index is 921. The molecular weight excluding hydrogens is 366 g/mol. The molecule has 2 aromatic carbocycles. The lowest BCUT2D eigenvalue weighted by atomic mass is 9.79. The molecule has 0 saturated heterocycles. The van der Waals surface area contributed by atoms with E-state index in [1.807, 2.05) is 12.1 Å². The van der Waals surface area contributed by atoms with Crippen molar-refractivity contribution in [1.29, 1.82) is 0 Å². The number of fused-ring (bicyclic) bond motifs is 8. The first-order valence-electron chi connectivity index (χ1n) is 9.64. The third kappa shape index (κ3) is 2.97. The van der Waals surface area contributed by atoms with Crippen LogP contribution in [0.2, 0.25) is 5.02 Å². The van der Waals surface area contributed by atoms with E-state index in [4.69, 9.17) is 16.3 Å². The predicted octanol–water partition coefficient (Wildman–Crippen LogP) is 6.33. The SMILES string of the molecule is FC(F)Oc1cccc2c1[C@H]1C[C@@H](CC2)C2=CCc3ccc(Cl)cc3CC21. The van der Waals surface area contributed by atoms with Gasteiger partial charge in [-0.2, -0.15) is 8.78 Å². The van der Waals surface area contributed by atoms with Gasteiger partial charge in [-0.1, -0.05) is 41.4 Å². The van der Waals surface area contributed by atoms with Crippen molar-refractivity contribution >= 4 is 11.6 Å². The van der Waals surface area contributed by atoms with E-state index >= 15 is 0 Å². The van der Waals surface area contributed by atoms with Gasteiger partial charge in [0.1, 0.15) is 5.75 Å². The van der Waals surface area contributed by atoms with Crippen molar-refractivity contribution in [3.8, 4) is 5.75 Å². The first-order valence-corrected chi connectivity index (χ1v) is 10.0. The van der Waals surface area contributed by atoms with Crippen LogP contribution >= 0.6 is 11.6 Å². The zero-order valence-corrected chi connectivity index (χ0v) is 15.7. The molecule has 1 unspecified atom stereocenters. The topological polar surface area (TPSA) is 9.23 Å². The quantitative estimate of drug-likeness (QED) is 0.548. The molecule has 1 nitrogen and oxygen atoms in total. The molecule has 27 heavy (non-hydrogen) atoms. The maximum atomic E-state index is 13.0. The summed E-state index contributed by atoms with van der Waals surface area (Å²) in [5.41, 5.74) is 6.33. The maximum absolute atomic E-state index is 13.0. The summed E-state index contributed by atoms with van der Waals surface area (Å²) < 4.78 is 31.0. The Morgan fingerprint density at radius 1 is 1.04 bits per heavy atom. The van der Waals surface area contributed by atoms with Gasteiger partial charge >= 0.3 is 6.61 Å². The number of hydrogen-bond acceptors (Lipinski definition) is 1. The van der Waals surface area contributed by atoms with Crippen LogP contribution in [0.3, 0.4) is 0 Å². The van der Waals surface area contributed by atoms with Crippen LogP contribution in [0.5, 0.6) is 5.75 Å². The lowest BCUT2D eigenvalue weighted by Crippen LogP contribution is -2.16. The molecule has 5 rings (SSSR count). The molecule has 4 heteroatoms. The lowest BCUT2D eigenvalue weighted by Gasteiger charge is -2.26. The standard InChI is InChI=1S/C23H21ClF2O/c24-17-8-6-13-7-9-18-15-5-4-14-2-1-3-21(27-23(25)26)22(14)20(11-15)19(18)12-16(13)10-17/h1-3,6,8-10,15,19-20,23H,4-5,7,11-12H2/t15-,19?,20+/m1/s1. The van der Waals surface area contributed by atoms with Gasteiger partial charge < -0.3 is 4.74 Å². The molecule has 0 heterocycles. The van der Waals surface area contributed by atoms with Crippen LogP contribution in [0.1, 0.15) is 41.0 Å². The van der Waals surface area contributed by atoms with E-state index < -0.39 is 6.61 Å². The van der Waals surface area contributed by atoms with Crippen molar-refractivity contribution in [1.82, 2.24) is 0 Å². The third-order valence-corrected chi connectivity index (χ3v) is 6.83. The van der Waals surface area contributed by atoms with E-state index in [2.05, 4.69) is 24.3 Å². The Labute approximate surface area is 163 Å². The Morgan fingerprint density at radius 2 is 1.93 bits per heavy atom. The molecule has 0 N–H and O–H groups in total. The fraction of sp³-hybridized carbons (Fsp3) is 0.391. The summed E-state index contributed by atoms with van der Waals surface area (Å²) >= 11 is 6.25. The van der Waals surface area contributed by atoms with Crippen molar-refractivity contribution in [2.24, 2.45) is 11.8 Å². The molecule has 0 aromatic heterocycles. The first kappa shape index (κ1) is 17.2. The van der Waals surface area contributed by atoms with Crippen LogP contribution in [-0.2, 0) is 19.3 Å². The van der Waals surface area contributed by atoms with Crippen LogP contribution in [0.15, 0.2) is 48.0 Å². The highest BCUT2D eigenvalue weighted by Gasteiger charge is 2.44. The van der Waals surface area contributed by atoms with Crippen LogP contribution in [0.4, 0.5) is 8.78 Å². The van der Waals surface area contributed by atoms with E-state index in [-0.39, 0.29) is 5.92 Å². The molecule has 0 amide bonds. The minimum atomic E-state index is -2.79. The average Bonchev–Trinajstić information content (AvgIpc) is 2.77. The summed E-state index contributed by atoms with van der Waals surface area (Å²) in [5, 5.41) is 0.762. The van der Waals surface area contributed by atoms with Gasteiger partial charge in [0.25, 0.3) is 0 Å². The highest BCUT2D eigenvalue weighted by molar-refractivity contribution is 6.30. The van der Waals surface area contributed by atoms with Crippen molar-refractivity contribution in [2.45, 2.75) is 44.6 Å². The highest BCUT2D eigenvalue weighted by Crippen LogP contribution is 2.55. The maximum Gasteiger partial charge on any atom is 0.387 e. The number of aryl methyl sites for hydroxylation is 1. The molecule has 2 aromatic rings. The van der Waals surface area contributed by atoms with Crippen molar-refractivity contribution in [3.05, 3.63) is 75.3 Å². The Balaban J connectivity index is 1.61. The normalized spacial score (nSPS) is 25.8. The fourth-order valence-corrected chi connectivity index (χ4v) is 5.72. The molecule has 0 radical (unpaired) electrons. The number of halogens is 3. The molecular formula is C23H21ClF2O. The van der Waals surface area contributed by atoms with E-state index in [1.54, 1.807) is 6.07 Å². The molecule has 1 saturated carbocycles. The molecule has 2 bridgehead atoms. The smallest absolute Gasteiger partial charge is 0.387 e. The second kappa shape index (κ2) is 6.63. The number of hydrogen-bond donors (Lipinski definition) is 0. The summed E-state index contributed by atoms with van der Waals surface area (Å²) in [4.78, 5) is 0. The number of benzene rings is 2. The average molecular weight is 387 g/mol. The second-order valence-electron chi connectivity index (χ2n) is 7.92. The molecule has 0 spiro atoms. The predicted molar refractivity (Wildman–Crippen MR) is 103 cm³/mol. The molecule has 0 aliphatic heterocycles. The van der Waals surface area contributed by atoms with Gasteiger partial charge in [-0.15, -0.1) is 0 Å². The molecule has 3 aliphatic carbocycles. The Morgan fingerprint density at radius 3 is 2.78 bits per heavy atom. The van der Waals surface area contributed by atoms with Gasteiger partial charge in [0.2, 0.25) is 0 Å². The fourth-order valence-electron chi connectivity index (χ4n) is 5.53. The molecule has 1 fully saturated rings. The second-order valence-corrected chi connectivity index (χ2v) is 8.35. The van der Waals surface area contributed by atoms with Gasteiger partial charge in [0.05, 0.1) is 0 Å². The number of allylic oxidation sites excluding steroid dienone is 2. The minimum absolute atomic E-state index is 0.235. The van der Waals surface area contributed by atoms with Gasteiger partial charge in [-0.05, 0) is 84.7 Å². The summed E-state index contributed by atoms with van der Waals surface area (Å²) in [6.45, 7) is -2.79. The molecule has 140 valence electrons. The van der Waals surface area contributed by atoms with Crippen LogP contribution in [-0.4, -0.2) is 6.61 Å². The highest BCUT2D eigenvalue weighted by atomic mass is 35.5. The van der Waals surface area contributed by atoms with Crippen molar-refractivity contribution < 1.29 is 13.5 Å². The zero-order chi connectivity index (χ0) is 18.5. The lowest BCUT2D eigenvalue weighted by molar-refractivity contribution is -0.0507. The van der Waals surface area contributed by atoms with E-state index in [0.717, 1.165) is 42.7 Å². The first-order chi connectivity index (χ1) is 13.1. The van der Waals surface area contributed by atoms with Crippen LogP contribution < -0.4 is 4.74 Å². The minimum Gasteiger partial charge on any atom is -0.435 e. The summed E-state index contributed by atoms with van der Waals surface area (Å²) in [5.74, 6) is 1.48. The molecule has 3 atom stereocenters. The third-order valence-electron chi connectivity index (χ3n) is 6.59. The largest absolute Gasteiger partial charge is 0.435 e. The van der Waals surface area contributed by atoms with E-state index in [0.29, 0.717) is 17.6 Å². The summed E-state index contributed by atoms with van der Waals surface area (Å²) in [6.07, 6.45) is 7.30. The van der Waals surface area contributed by atoms with Gasteiger partial charge in [-0.3, -0.25) is 0 Å². The summed E-state index contributed by atoms with van der Waals surface area (Å²) in [6, 6.07) is 11.8. The number of rotatable bonds is 2.